The fourth-order valence-corrected chi connectivity index (χ4v) is 2.96. The van der Waals surface area contributed by atoms with Crippen molar-refractivity contribution in [2.75, 3.05) is 20.1 Å². The normalized spacial score (nSPS) is 18.8. The van der Waals surface area contributed by atoms with Crippen LogP contribution in [-0.2, 0) is 16.1 Å². The average Bonchev–Trinajstić information content (AvgIpc) is 2.60. The third-order valence-corrected chi connectivity index (χ3v) is 4.30. The maximum atomic E-state index is 12.2. The zero-order valence-corrected chi connectivity index (χ0v) is 14.5. The van der Waals surface area contributed by atoms with E-state index < -0.39 is 6.04 Å². The zero-order valence-electron chi connectivity index (χ0n) is 14.5. The molecule has 0 saturated carbocycles. The van der Waals surface area contributed by atoms with Crippen LogP contribution in [0.2, 0.25) is 0 Å². The molecule has 1 aromatic carbocycles. The average molecular weight is 333 g/mol. The molecule has 1 aromatic rings. The Balaban J connectivity index is 1.87. The molecule has 132 valence electrons. The van der Waals surface area contributed by atoms with E-state index in [1.807, 2.05) is 35.2 Å². The summed E-state index contributed by atoms with van der Waals surface area (Å²) in [5, 5.41) is 0. The monoisotopic (exact) mass is 333 g/mol. The van der Waals surface area contributed by atoms with E-state index in [0.29, 0.717) is 13.1 Å². The van der Waals surface area contributed by atoms with Crippen molar-refractivity contribution in [3.63, 3.8) is 0 Å². The fourth-order valence-electron chi connectivity index (χ4n) is 2.96. The fraction of sp³-hybridized carbons (Fsp3) is 0.556. The number of carbonyl (C=O) groups is 2. The number of benzene rings is 1. The second kappa shape index (κ2) is 8.68. The third-order valence-electron chi connectivity index (χ3n) is 4.30. The molecule has 0 bridgehead atoms. The first kappa shape index (κ1) is 18.3. The molecular formula is C18H27N3O3. The predicted molar refractivity (Wildman–Crippen MR) is 92.3 cm³/mol. The Morgan fingerprint density at radius 2 is 2.04 bits per heavy atom. The summed E-state index contributed by atoms with van der Waals surface area (Å²) in [4.78, 5) is 27.8. The first-order chi connectivity index (χ1) is 11.5. The number of amides is 2. The third kappa shape index (κ3) is 4.96. The van der Waals surface area contributed by atoms with Crippen molar-refractivity contribution in [1.29, 1.82) is 0 Å². The van der Waals surface area contributed by atoms with Gasteiger partial charge in [0.05, 0.1) is 6.04 Å². The molecule has 0 aromatic heterocycles. The van der Waals surface area contributed by atoms with Gasteiger partial charge in [-0.15, -0.1) is 0 Å². The number of rotatable bonds is 5. The van der Waals surface area contributed by atoms with Crippen LogP contribution in [0.15, 0.2) is 30.3 Å². The molecule has 2 amide bonds. The van der Waals surface area contributed by atoms with Crippen LogP contribution in [0.4, 0.5) is 4.79 Å². The van der Waals surface area contributed by atoms with Crippen molar-refractivity contribution in [1.82, 2.24) is 9.80 Å². The Morgan fingerprint density at radius 1 is 1.33 bits per heavy atom. The summed E-state index contributed by atoms with van der Waals surface area (Å²) in [6, 6.07) is 9.06. The number of hydrogen-bond acceptors (Lipinski definition) is 4. The molecule has 2 N–H and O–H groups in total. The molecule has 1 heterocycles. The highest BCUT2D eigenvalue weighted by molar-refractivity contribution is 5.81. The van der Waals surface area contributed by atoms with Gasteiger partial charge in [-0.3, -0.25) is 4.79 Å². The summed E-state index contributed by atoms with van der Waals surface area (Å²) in [5.41, 5.74) is 6.68. The van der Waals surface area contributed by atoms with Gasteiger partial charge in [0.1, 0.15) is 6.61 Å². The summed E-state index contributed by atoms with van der Waals surface area (Å²) in [6.45, 7) is 3.12. The Labute approximate surface area is 143 Å². The van der Waals surface area contributed by atoms with Gasteiger partial charge in [0.15, 0.2) is 0 Å². The van der Waals surface area contributed by atoms with Crippen molar-refractivity contribution >= 4 is 12.0 Å². The number of piperidine rings is 1. The van der Waals surface area contributed by atoms with E-state index in [1.165, 1.54) is 0 Å². The summed E-state index contributed by atoms with van der Waals surface area (Å²) < 4.78 is 5.33. The molecule has 2 rings (SSSR count). The molecule has 1 aliphatic rings. The summed E-state index contributed by atoms with van der Waals surface area (Å²) in [5.74, 6) is -0.0502. The Bertz CT molecular complexity index is 548. The van der Waals surface area contributed by atoms with Crippen molar-refractivity contribution in [2.24, 2.45) is 5.73 Å². The summed E-state index contributed by atoms with van der Waals surface area (Å²) in [6.07, 6.45) is 2.55. The molecular weight excluding hydrogens is 306 g/mol. The van der Waals surface area contributed by atoms with Crippen LogP contribution in [-0.4, -0.2) is 54.0 Å². The van der Waals surface area contributed by atoms with Crippen molar-refractivity contribution in [3.8, 4) is 0 Å². The van der Waals surface area contributed by atoms with Gasteiger partial charge in [-0.1, -0.05) is 30.3 Å². The molecule has 24 heavy (non-hydrogen) atoms. The molecule has 2 atom stereocenters. The van der Waals surface area contributed by atoms with Crippen LogP contribution in [0, 0.1) is 0 Å². The van der Waals surface area contributed by atoms with Crippen LogP contribution in [0.3, 0.4) is 0 Å². The largest absolute Gasteiger partial charge is 0.445 e. The molecule has 1 fully saturated rings. The number of likely N-dealkylation sites (N-methyl/N-ethyl adjacent to an activating group) is 1. The minimum Gasteiger partial charge on any atom is -0.445 e. The Morgan fingerprint density at radius 3 is 2.71 bits per heavy atom. The second-order valence-electron chi connectivity index (χ2n) is 6.39. The van der Waals surface area contributed by atoms with E-state index >= 15 is 0 Å². The maximum Gasteiger partial charge on any atom is 0.409 e. The highest BCUT2D eigenvalue weighted by Gasteiger charge is 2.30. The first-order valence-corrected chi connectivity index (χ1v) is 8.47. The Hall–Kier alpha value is -2.08. The van der Waals surface area contributed by atoms with Gasteiger partial charge in [0.25, 0.3) is 0 Å². The van der Waals surface area contributed by atoms with Crippen LogP contribution in [0.1, 0.15) is 31.7 Å². The number of nitrogens with two attached hydrogens (primary N) is 1. The lowest BCUT2D eigenvalue weighted by Gasteiger charge is -2.38. The number of nitrogens with zero attached hydrogens (tertiary/aromatic N) is 2. The highest BCUT2D eigenvalue weighted by Crippen LogP contribution is 2.19. The van der Waals surface area contributed by atoms with Crippen molar-refractivity contribution in [2.45, 2.75) is 44.9 Å². The standard InChI is InChI=1S/C18H27N3O3/c1-14(19)17(22)21-11-7-6-10-16(21)12-20(2)18(23)24-13-15-8-4-3-5-9-15/h3-5,8-9,14,16H,6-7,10-13,19H2,1-2H3/t14-,16-/m0/s1. The molecule has 1 aliphatic heterocycles. The van der Waals surface area contributed by atoms with E-state index in [1.54, 1.807) is 18.9 Å². The maximum absolute atomic E-state index is 12.2. The van der Waals surface area contributed by atoms with Crippen LogP contribution >= 0.6 is 0 Å². The van der Waals surface area contributed by atoms with Crippen molar-refractivity contribution < 1.29 is 14.3 Å². The van der Waals surface area contributed by atoms with Gasteiger partial charge in [-0.25, -0.2) is 4.79 Å². The predicted octanol–water partition coefficient (Wildman–Crippen LogP) is 1.98. The number of likely N-dealkylation sites (tertiary alicyclic amines) is 1. The first-order valence-electron chi connectivity index (χ1n) is 8.47. The molecule has 0 spiro atoms. The topological polar surface area (TPSA) is 75.9 Å². The molecule has 1 saturated heterocycles. The summed E-state index contributed by atoms with van der Waals surface area (Å²) >= 11 is 0. The van der Waals surface area contributed by atoms with Gasteiger partial charge < -0.3 is 20.3 Å². The molecule has 0 aliphatic carbocycles. The minimum atomic E-state index is -0.513. The van der Waals surface area contributed by atoms with Crippen LogP contribution in [0.25, 0.3) is 0 Å². The smallest absolute Gasteiger partial charge is 0.409 e. The van der Waals surface area contributed by atoms with Gasteiger partial charge in [0, 0.05) is 26.2 Å². The van der Waals surface area contributed by atoms with E-state index in [9.17, 15) is 9.59 Å². The van der Waals surface area contributed by atoms with Gasteiger partial charge in [0.2, 0.25) is 5.91 Å². The number of carbonyl (C=O) groups excluding carboxylic acids is 2. The lowest BCUT2D eigenvalue weighted by atomic mass is 10.0. The quantitative estimate of drug-likeness (QED) is 0.894. The molecule has 0 unspecified atom stereocenters. The van der Waals surface area contributed by atoms with Gasteiger partial charge in [-0.2, -0.15) is 0 Å². The van der Waals surface area contributed by atoms with Crippen LogP contribution < -0.4 is 5.73 Å². The minimum absolute atomic E-state index is 0.00604. The van der Waals surface area contributed by atoms with Crippen molar-refractivity contribution in [3.05, 3.63) is 35.9 Å². The SMILES string of the molecule is C[C@H](N)C(=O)N1CCCC[C@H]1CN(C)C(=O)OCc1ccccc1. The number of ether oxygens (including phenoxy) is 1. The lowest BCUT2D eigenvalue weighted by molar-refractivity contribution is -0.136. The summed E-state index contributed by atoms with van der Waals surface area (Å²) in [7, 11) is 1.70. The second-order valence-corrected chi connectivity index (χ2v) is 6.39. The van der Waals surface area contributed by atoms with Gasteiger partial charge in [-0.05, 0) is 31.7 Å². The van der Waals surface area contributed by atoms with E-state index in [-0.39, 0.29) is 24.6 Å². The molecule has 6 nitrogen and oxygen atoms in total. The molecule has 6 heteroatoms. The van der Waals surface area contributed by atoms with E-state index in [4.69, 9.17) is 10.5 Å². The molecule has 0 radical (unpaired) electrons. The Kier molecular flexibility index (Phi) is 6.61. The van der Waals surface area contributed by atoms with Gasteiger partial charge >= 0.3 is 6.09 Å². The highest BCUT2D eigenvalue weighted by atomic mass is 16.6. The van der Waals surface area contributed by atoms with E-state index in [2.05, 4.69) is 0 Å². The van der Waals surface area contributed by atoms with Crippen LogP contribution in [0.5, 0.6) is 0 Å². The zero-order chi connectivity index (χ0) is 17.5. The number of hydrogen-bond donors (Lipinski definition) is 1. The van der Waals surface area contributed by atoms with E-state index in [0.717, 1.165) is 24.8 Å². The lowest BCUT2D eigenvalue weighted by Crippen LogP contribution is -2.53.